The fourth-order valence-corrected chi connectivity index (χ4v) is 2.67. The first-order chi connectivity index (χ1) is 9.06. The van der Waals surface area contributed by atoms with E-state index in [4.69, 9.17) is 0 Å². The third kappa shape index (κ3) is 3.41. The summed E-state index contributed by atoms with van der Waals surface area (Å²) in [7, 11) is 0. The zero-order valence-electron chi connectivity index (χ0n) is 12.0. The number of hydrogen-bond acceptors (Lipinski definition) is 3. The Morgan fingerprint density at radius 3 is 2.65 bits per heavy atom. The number of hydrogen-bond donors (Lipinski definition) is 0. The summed E-state index contributed by atoms with van der Waals surface area (Å²) in [5.41, 5.74) is 0. The van der Waals surface area contributed by atoms with E-state index in [0.29, 0.717) is 32.0 Å². The SMILES string of the molecule is CCC(C)CN1CC2N(CF)CCC(=O)N2CC1=O.Cl. The van der Waals surface area contributed by atoms with Crippen LogP contribution in [0, 0.1) is 5.92 Å². The summed E-state index contributed by atoms with van der Waals surface area (Å²) in [6, 6.07) is 0. The molecule has 2 rings (SSSR count). The highest BCUT2D eigenvalue weighted by atomic mass is 35.5. The Kier molecular flexibility index (Phi) is 6.20. The van der Waals surface area contributed by atoms with Gasteiger partial charge < -0.3 is 9.80 Å². The van der Waals surface area contributed by atoms with Crippen LogP contribution in [0.1, 0.15) is 26.7 Å². The van der Waals surface area contributed by atoms with Crippen molar-refractivity contribution in [3.63, 3.8) is 0 Å². The summed E-state index contributed by atoms with van der Waals surface area (Å²) in [6.45, 7) is 5.27. The van der Waals surface area contributed by atoms with Gasteiger partial charge in [0, 0.05) is 19.5 Å². The van der Waals surface area contributed by atoms with Crippen molar-refractivity contribution in [2.45, 2.75) is 32.9 Å². The summed E-state index contributed by atoms with van der Waals surface area (Å²) < 4.78 is 13.0. The normalized spacial score (nSPS) is 25.2. The van der Waals surface area contributed by atoms with Crippen molar-refractivity contribution in [1.29, 1.82) is 0 Å². The molecule has 0 N–H and O–H groups in total. The molecule has 116 valence electrons. The fourth-order valence-electron chi connectivity index (χ4n) is 2.67. The molecule has 20 heavy (non-hydrogen) atoms. The topological polar surface area (TPSA) is 43.9 Å². The molecular formula is C13H23ClFN3O2. The van der Waals surface area contributed by atoms with Gasteiger partial charge in [0.2, 0.25) is 11.8 Å². The monoisotopic (exact) mass is 307 g/mol. The number of piperazine rings is 1. The predicted octanol–water partition coefficient (Wildman–Crippen LogP) is 1.08. The second-order valence-electron chi connectivity index (χ2n) is 5.50. The third-order valence-corrected chi connectivity index (χ3v) is 4.14. The van der Waals surface area contributed by atoms with Crippen LogP contribution in [-0.2, 0) is 9.59 Å². The Bertz CT molecular complexity index is 370. The lowest BCUT2D eigenvalue weighted by atomic mass is 10.1. The molecule has 0 radical (unpaired) electrons. The van der Waals surface area contributed by atoms with E-state index in [0.717, 1.165) is 6.42 Å². The molecule has 2 heterocycles. The average molecular weight is 308 g/mol. The smallest absolute Gasteiger partial charge is 0.242 e. The number of amides is 2. The van der Waals surface area contributed by atoms with Crippen LogP contribution in [0.25, 0.3) is 0 Å². The largest absolute Gasteiger partial charge is 0.337 e. The van der Waals surface area contributed by atoms with Crippen LogP contribution >= 0.6 is 12.4 Å². The molecule has 5 nitrogen and oxygen atoms in total. The van der Waals surface area contributed by atoms with Gasteiger partial charge in [0.15, 0.2) is 0 Å². The van der Waals surface area contributed by atoms with E-state index in [1.165, 1.54) is 4.90 Å². The van der Waals surface area contributed by atoms with Crippen molar-refractivity contribution in [3.8, 4) is 0 Å². The highest BCUT2D eigenvalue weighted by Crippen LogP contribution is 2.22. The second kappa shape index (κ2) is 7.22. The van der Waals surface area contributed by atoms with Gasteiger partial charge in [0.1, 0.15) is 19.5 Å². The van der Waals surface area contributed by atoms with Gasteiger partial charge in [0.25, 0.3) is 0 Å². The minimum atomic E-state index is -0.570. The summed E-state index contributed by atoms with van der Waals surface area (Å²) in [6.07, 6.45) is 1.02. The van der Waals surface area contributed by atoms with Gasteiger partial charge in [-0.25, -0.2) is 4.39 Å². The lowest BCUT2D eigenvalue weighted by molar-refractivity contribution is -0.163. The molecule has 0 aromatic heterocycles. The first kappa shape index (κ1) is 17.2. The average Bonchev–Trinajstić information content (AvgIpc) is 2.41. The van der Waals surface area contributed by atoms with Gasteiger partial charge in [-0.15, -0.1) is 12.4 Å². The number of fused-ring (bicyclic) bond motifs is 1. The minimum absolute atomic E-state index is 0. The van der Waals surface area contributed by atoms with Gasteiger partial charge >= 0.3 is 0 Å². The molecule has 2 fully saturated rings. The van der Waals surface area contributed by atoms with Gasteiger partial charge in [-0.05, 0) is 5.92 Å². The molecule has 7 heteroatoms. The number of halogens is 2. The highest BCUT2D eigenvalue weighted by molar-refractivity contribution is 5.87. The van der Waals surface area contributed by atoms with Crippen LogP contribution in [0.2, 0.25) is 0 Å². The van der Waals surface area contributed by atoms with Crippen molar-refractivity contribution in [2.24, 2.45) is 5.92 Å². The Hall–Kier alpha value is -0.880. The Balaban J connectivity index is 0.00000200. The molecule has 0 bridgehead atoms. The zero-order chi connectivity index (χ0) is 14.0. The summed E-state index contributed by atoms with van der Waals surface area (Å²) in [5, 5.41) is 0. The maximum atomic E-state index is 13.0. The second-order valence-corrected chi connectivity index (χ2v) is 5.50. The molecule has 2 unspecified atom stereocenters. The maximum Gasteiger partial charge on any atom is 0.242 e. The number of carbonyl (C=O) groups excluding carboxylic acids is 2. The van der Waals surface area contributed by atoms with Crippen LogP contribution in [-0.4, -0.2) is 65.7 Å². The lowest BCUT2D eigenvalue weighted by Crippen LogP contribution is -2.66. The zero-order valence-corrected chi connectivity index (χ0v) is 12.9. The standard InChI is InChI=1S/C13H22FN3O2.ClH/c1-3-10(2)6-16-7-11-15(9-14)5-4-12(18)17(11)8-13(16)19;/h10-11H,3-9H2,1-2H3;1H. The van der Waals surface area contributed by atoms with E-state index in [-0.39, 0.29) is 36.9 Å². The molecule has 0 aromatic carbocycles. The Morgan fingerprint density at radius 1 is 1.35 bits per heavy atom. The number of nitrogens with zero attached hydrogens (tertiary/aromatic N) is 3. The van der Waals surface area contributed by atoms with E-state index in [1.807, 2.05) is 0 Å². The van der Waals surface area contributed by atoms with E-state index in [9.17, 15) is 14.0 Å². The number of carbonyl (C=O) groups is 2. The molecule has 0 saturated carbocycles. The first-order valence-corrected chi connectivity index (χ1v) is 6.94. The van der Waals surface area contributed by atoms with Gasteiger partial charge in [-0.1, -0.05) is 20.3 Å². The molecule has 2 amide bonds. The lowest BCUT2D eigenvalue weighted by Gasteiger charge is -2.48. The maximum absolute atomic E-state index is 13.0. The van der Waals surface area contributed by atoms with Crippen molar-refractivity contribution in [3.05, 3.63) is 0 Å². The Morgan fingerprint density at radius 2 is 2.05 bits per heavy atom. The minimum Gasteiger partial charge on any atom is -0.337 e. The summed E-state index contributed by atoms with van der Waals surface area (Å²) in [4.78, 5) is 28.8. The van der Waals surface area contributed by atoms with Crippen LogP contribution in [0.4, 0.5) is 4.39 Å². The van der Waals surface area contributed by atoms with Crippen molar-refractivity contribution >= 4 is 24.2 Å². The molecule has 0 aliphatic carbocycles. The van der Waals surface area contributed by atoms with E-state index >= 15 is 0 Å². The van der Waals surface area contributed by atoms with Gasteiger partial charge in [-0.3, -0.25) is 14.5 Å². The molecule has 2 saturated heterocycles. The third-order valence-electron chi connectivity index (χ3n) is 4.14. The molecule has 0 aromatic rings. The quantitative estimate of drug-likeness (QED) is 0.730. The summed E-state index contributed by atoms with van der Waals surface area (Å²) >= 11 is 0. The fraction of sp³-hybridized carbons (Fsp3) is 0.846. The van der Waals surface area contributed by atoms with Crippen LogP contribution in [0.5, 0.6) is 0 Å². The van der Waals surface area contributed by atoms with Gasteiger partial charge in [-0.2, -0.15) is 0 Å². The molecule has 2 aliphatic heterocycles. The molecule has 2 aliphatic rings. The van der Waals surface area contributed by atoms with E-state index < -0.39 is 6.80 Å². The van der Waals surface area contributed by atoms with Crippen molar-refractivity contribution in [1.82, 2.24) is 14.7 Å². The van der Waals surface area contributed by atoms with Crippen molar-refractivity contribution in [2.75, 3.05) is 33.0 Å². The molecule has 2 atom stereocenters. The molecule has 0 spiro atoms. The van der Waals surface area contributed by atoms with Crippen LogP contribution in [0.15, 0.2) is 0 Å². The molecular weight excluding hydrogens is 285 g/mol. The Labute approximate surface area is 125 Å². The first-order valence-electron chi connectivity index (χ1n) is 6.94. The van der Waals surface area contributed by atoms with Gasteiger partial charge in [0.05, 0.1) is 6.54 Å². The van der Waals surface area contributed by atoms with Crippen LogP contribution < -0.4 is 0 Å². The van der Waals surface area contributed by atoms with Crippen LogP contribution in [0.3, 0.4) is 0 Å². The number of rotatable bonds is 4. The van der Waals surface area contributed by atoms with Crippen molar-refractivity contribution < 1.29 is 14.0 Å². The number of alkyl halides is 1. The predicted molar refractivity (Wildman–Crippen MR) is 76.1 cm³/mol. The summed E-state index contributed by atoms with van der Waals surface area (Å²) in [5.74, 6) is 0.366. The highest BCUT2D eigenvalue weighted by Gasteiger charge is 2.41. The van der Waals surface area contributed by atoms with E-state index in [2.05, 4.69) is 13.8 Å². The van der Waals surface area contributed by atoms with E-state index in [1.54, 1.807) is 9.80 Å².